The number of benzene rings is 1. The van der Waals surface area contributed by atoms with Crippen molar-refractivity contribution < 1.29 is 9.47 Å². The molecule has 0 radical (unpaired) electrons. The van der Waals surface area contributed by atoms with Crippen molar-refractivity contribution in [3.8, 4) is 0 Å². The zero-order valence-corrected chi connectivity index (χ0v) is 9.25. The van der Waals surface area contributed by atoms with Gasteiger partial charge in [0, 0.05) is 26.5 Å². The lowest BCUT2D eigenvalue weighted by Crippen LogP contribution is -2.15. The molecule has 0 aliphatic heterocycles. The molecule has 0 heterocycles. The van der Waals surface area contributed by atoms with E-state index >= 15 is 0 Å². The predicted molar refractivity (Wildman–Crippen MR) is 57.5 cm³/mol. The molecule has 0 saturated heterocycles. The summed E-state index contributed by atoms with van der Waals surface area (Å²) in [5, 5.41) is 0. The normalized spacial score (nSPS) is 10.9. The number of methoxy groups -OCH3 is 2. The van der Waals surface area contributed by atoms with E-state index in [4.69, 9.17) is 21.1 Å². The van der Waals surface area contributed by atoms with E-state index in [0.717, 1.165) is 12.0 Å². The molecule has 0 saturated carbocycles. The standard InChI is InChI=1S/C11H15ClO2/c1-13-11(14-2)7-9-3-5-10(8-12)6-4-9/h3-6,11H,7-8H2,1-2H3. The Bertz CT molecular complexity index is 254. The number of halogens is 1. The molecule has 0 bridgehead atoms. The number of hydrogen-bond donors (Lipinski definition) is 0. The predicted octanol–water partition coefficient (Wildman–Crippen LogP) is 2.59. The third-order valence-electron chi connectivity index (χ3n) is 2.11. The van der Waals surface area contributed by atoms with Crippen LogP contribution in [0.3, 0.4) is 0 Å². The molecule has 0 N–H and O–H groups in total. The Morgan fingerprint density at radius 2 is 1.57 bits per heavy atom. The van der Waals surface area contributed by atoms with Gasteiger partial charge in [-0.1, -0.05) is 24.3 Å². The van der Waals surface area contributed by atoms with Crippen LogP contribution in [0.4, 0.5) is 0 Å². The molecule has 0 unspecified atom stereocenters. The highest BCUT2D eigenvalue weighted by Gasteiger charge is 2.05. The molecule has 2 nitrogen and oxygen atoms in total. The van der Waals surface area contributed by atoms with Crippen molar-refractivity contribution in [2.45, 2.75) is 18.6 Å². The van der Waals surface area contributed by atoms with Crippen LogP contribution in [-0.2, 0) is 21.8 Å². The summed E-state index contributed by atoms with van der Waals surface area (Å²) in [6.45, 7) is 0. The van der Waals surface area contributed by atoms with E-state index < -0.39 is 0 Å². The lowest BCUT2D eigenvalue weighted by molar-refractivity contribution is -0.100. The quantitative estimate of drug-likeness (QED) is 0.554. The lowest BCUT2D eigenvalue weighted by atomic mass is 10.1. The number of hydrogen-bond acceptors (Lipinski definition) is 2. The highest BCUT2D eigenvalue weighted by atomic mass is 35.5. The second kappa shape index (κ2) is 6.02. The molecule has 0 aliphatic rings. The topological polar surface area (TPSA) is 18.5 Å². The molecule has 0 aromatic heterocycles. The van der Waals surface area contributed by atoms with E-state index in [1.807, 2.05) is 24.3 Å². The highest BCUT2D eigenvalue weighted by molar-refractivity contribution is 6.17. The molecule has 0 fully saturated rings. The molecule has 1 rings (SSSR count). The maximum Gasteiger partial charge on any atom is 0.160 e. The molecule has 0 amide bonds. The molecular formula is C11H15ClO2. The first-order valence-corrected chi connectivity index (χ1v) is 5.03. The van der Waals surface area contributed by atoms with Gasteiger partial charge < -0.3 is 9.47 Å². The zero-order valence-electron chi connectivity index (χ0n) is 8.50. The lowest BCUT2D eigenvalue weighted by Gasteiger charge is -2.13. The molecule has 0 aliphatic carbocycles. The minimum Gasteiger partial charge on any atom is -0.356 e. The average Bonchev–Trinajstić information content (AvgIpc) is 2.26. The molecule has 1 aromatic rings. The van der Waals surface area contributed by atoms with Gasteiger partial charge in [0.05, 0.1) is 0 Å². The van der Waals surface area contributed by atoms with Crippen LogP contribution in [0.1, 0.15) is 11.1 Å². The van der Waals surface area contributed by atoms with Crippen molar-refractivity contribution >= 4 is 11.6 Å². The molecule has 14 heavy (non-hydrogen) atoms. The fourth-order valence-corrected chi connectivity index (χ4v) is 1.40. The highest BCUT2D eigenvalue weighted by Crippen LogP contribution is 2.10. The van der Waals surface area contributed by atoms with Gasteiger partial charge >= 0.3 is 0 Å². The van der Waals surface area contributed by atoms with Crippen molar-refractivity contribution in [3.63, 3.8) is 0 Å². The zero-order chi connectivity index (χ0) is 10.4. The van der Waals surface area contributed by atoms with E-state index in [0.29, 0.717) is 5.88 Å². The van der Waals surface area contributed by atoms with Crippen molar-refractivity contribution in [1.29, 1.82) is 0 Å². The Morgan fingerprint density at radius 1 is 1.07 bits per heavy atom. The molecule has 0 atom stereocenters. The summed E-state index contributed by atoms with van der Waals surface area (Å²) in [7, 11) is 3.28. The molecule has 0 spiro atoms. The van der Waals surface area contributed by atoms with E-state index in [2.05, 4.69) is 0 Å². The smallest absolute Gasteiger partial charge is 0.160 e. The monoisotopic (exact) mass is 214 g/mol. The van der Waals surface area contributed by atoms with Crippen molar-refractivity contribution in [3.05, 3.63) is 35.4 Å². The Morgan fingerprint density at radius 3 is 2.00 bits per heavy atom. The summed E-state index contributed by atoms with van der Waals surface area (Å²) >= 11 is 5.69. The Balaban J connectivity index is 2.58. The van der Waals surface area contributed by atoms with Gasteiger partial charge in [0.1, 0.15) is 0 Å². The van der Waals surface area contributed by atoms with Gasteiger partial charge in [0.2, 0.25) is 0 Å². The SMILES string of the molecule is COC(Cc1ccc(CCl)cc1)OC. The van der Waals surface area contributed by atoms with E-state index in [1.165, 1.54) is 5.56 Å². The largest absolute Gasteiger partial charge is 0.356 e. The summed E-state index contributed by atoms with van der Waals surface area (Å²) in [6, 6.07) is 8.13. The van der Waals surface area contributed by atoms with Gasteiger partial charge in [-0.25, -0.2) is 0 Å². The third-order valence-corrected chi connectivity index (χ3v) is 2.41. The second-order valence-electron chi connectivity index (χ2n) is 3.06. The van der Waals surface area contributed by atoms with E-state index in [-0.39, 0.29) is 6.29 Å². The van der Waals surface area contributed by atoms with E-state index in [9.17, 15) is 0 Å². The first-order chi connectivity index (χ1) is 6.80. The first-order valence-electron chi connectivity index (χ1n) is 4.49. The van der Waals surface area contributed by atoms with Crippen LogP contribution in [0.5, 0.6) is 0 Å². The summed E-state index contributed by atoms with van der Waals surface area (Å²) < 4.78 is 10.2. The van der Waals surface area contributed by atoms with E-state index in [1.54, 1.807) is 14.2 Å². The van der Waals surface area contributed by atoms with Crippen molar-refractivity contribution in [1.82, 2.24) is 0 Å². The molecule has 3 heteroatoms. The fraction of sp³-hybridized carbons (Fsp3) is 0.455. The molecule has 78 valence electrons. The average molecular weight is 215 g/mol. The van der Waals surface area contributed by atoms with Gasteiger partial charge in [-0.2, -0.15) is 0 Å². The number of alkyl halides is 1. The van der Waals surface area contributed by atoms with Crippen LogP contribution in [0.15, 0.2) is 24.3 Å². The number of ether oxygens (including phenoxy) is 2. The maximum atomic E-state index is 5.69. The van der Waals surface area contributed by atoms with Gasteiger partial charge in [0.25, 0.3) is 0 Å². The Labute approximate surface area is 89.8 Å². The minimum atomic E-state index is -0.170. The van der Waals surface area contributed by atoms with Crippen LogP contribution in [-0.4, -0.2) is 20.5 Å². The van der Waals surface area contributed by atoms with Crippen LogP contribution < -0.4 is 0 Å². The fourth-order valence-electron chi connectivity index (χ4n) is 1.22. The summed E-state index contributed by atoms with van der Waals surface area (Å²) in [5.74, 6) is 0.554. The molecular weight excluding hydrogens is 200 g/mol. The van der Waals surface area contributed by atoms with Crippen molar-refractivity contribution in [2.75, 3.05) is 14.2 Å². The number of rotatable bonds is 5. The minimum absolute atomic E-state index is 0.170. The first kappa shape index (κ1) is 11.5. The Hall–Kier alpha value is -0.570. The van der Waals surface area contributed by atoms with Crippen LogP contribution >= 0.6 is 11.6 Å². The summed E-state index contributed by atoms with van der Waals surface area (Å²) in [6.07, 6.45) is 0.590. The van der Waals surface area contributed by atoms with Gasteiger partial charge in [-0.05, 0) is 11.1 Å². The summed E-state index contributed by atoms with van der Waals surface area (Å²) in [5.41, 5.74) is 2.31. The van der Waals surface area contributed by atoms with Crippen LogP contribution in [0, 0.1) is 0 Å². The van der Waals surface area contributed by atoms with Crippen molar-refractivity contribution in [2.24, 2.45) is 0 Å². The van der Waals surface area contributed by atoms with Gasteiger partial charge in [0.15, 0.2) is 6.29 Å². The Kier molecular flexibility index (Phi) is 4.94. The second-order valence-corrected chi connectivity index (χ2v) is 3.32. The van der Waals surface area contributed by atoms with Gasteiger partial charge in [-0.15, -0.1) is 11.6 Å². The molecule has 1 aromatic carbocycles. The third kappa shape index (κ3) is 3.29. The summed E-state index contributed by atoms with van der Waals surface area (Å²) in [4.78, 5) is 0. The maximum absolute atomic E-state index is 5.69. The van der Waals surface area contributed by atoms with Gasteiger partial charge in [-0.3, -0.25) is 0 Å². The van der Waals surface area contributed by atoms with Crippen LogP contribution in [0.2, 0.25) is 0 Å². The van der Waals surface area contributed by atoms with Crippen LogP contribution in [0.25, 0.3) is 0 Å².